The lowest BCUT2D eigenvalue weighted by molar-refractivity contribution is -0.151. The quantitative estimate of drug-likeness (QED) is 0.403. The summed E-state index contributed by atoms with van der Waals surface area (Å²) in [4.78, 5) is 45.3. The van der Waals surface area contributed by atoms with Gasteiger partial charge in [-0.1, -0.05) is 41.9 Å². The Morgan fingerprint density at radius 2 is 1.78 bits per heavy atom. The summed E-state index contributed by atoms with van der Waals surface area (Å²) in [6, 6.07) is 13.5. The van der Waals surface area contributed by atoms with Crippen LogP contribution in [0.25, 0.3) is 11.1 Å². The summed E-state index contributed by atoms with van der Waals surface area (Å²) in [7, 11) is 0. The summed E-state index contributed by atoms with van der Waals surface area (Å²) in [5.74, 6) is -0.873. The van der Waals surface area contributed by atoms with Crippen molar-refractivity contribution in [1.29, 1.82) is 0 Å². The molecule has 214 valence electrons. The van der Waals surface area contributed by atoms with Crippen LogP contribution in [-0.2, 0) is 33.0 Å². The lowest BCUT2D eigenvalue weighted by atomic mass is 9.90. The van der Waals surface area contributed by atoms with Gasteiger partial charge < -0.3 is 25.4 Å². The van der Waals surface area contributed by atoms with Crippen LogP contribution in [0.15, 0.2) is 60.9 Å². The number of pyridine rings is 1. The highest BCUT2D eigenvalue weighted by atomic mass is 35.5. The lowest BCUT2D eigenvalue weighted by Crippen LogP contribution is -2.52. The van der Waals surface area contributed by atoms with Crippen molar-refractivity contribution >= 4 is 29.5 Å². The van der Waals surface area contributed by atoms with Crippen LogP contribution in [0.1, 0.15) is 55.9 Å². The maximum atomic E-state index is 14.0. The fourth-order valence-electron chi connectivity index (χ4n) is 5.53. The monoisotopic (exact) mass is 576 g/mol. The molecule has 10 heteroatoms. The molecule has 1 aliphatic carbocycles. The molecule has 0 radical (unpaired) electrons. The third-order valence-electron chi connectivity index (χ3n) is 7.39. The summed E-state index contributed by atoms with van der Waals surface area (Å²) in [5, 5.41) is 18.1. The van der Waals surface area contributed by atoms with Gasteiger partial charge in [-0.25, -0.2) is 4.79 Å². The minimum Gasteiger partial charge on any atom is -0.444 e. The van der Waals surface area contributed by atoms with E-state index in [-0.39, 0.29) is 19.0 Å². The number of alkyl carbamates (subject to hydrolysis) is 1. The number of benzene rings is 2. The van der Waals surface area contributed by atoms with Gasteiger partial charge in [-0.3, -0.25) is 14.6 Å². The molecule has 5 rings (SSSR count). The van der Waals surface area contributed by atoms with Crippen molar-refractivity contribution in [3.8, 4) is 11.1 Å². The zero-order valence-corrected chi connectivity index (χ0v) is 24.0. The Balaban J connectivity index is 1.31. The largest absolute Gasteiger partial charge is 0.444 e. The first-order valence-corrected chi connectivity index (χ1v) is 14.0. The van der Waals surface area contributed by atoms with Crippen LogP contribution >= 0.6 is 11.6 Å². The number of nitrogens with one attached hydrogen (secondary N) is 2. The first-order valence-electron chi connectivity index (χ1n) is 13.6. The first kappa shape index (κ1) is 28.6. The van der Waals surface area contributed by atoms with Gasteiger partial charge >= 0.3 is 6.09 Å². The van der Waals surface area contributed by atoms with E-state index in [4.69, 9.17) is 16.3 Å². The number of rotatable bonds is 6. The second-order valence-electron chi connectivity index (χ2n) is 11.3. The van der Waals surface area contributed by atoms with Crippen molar-refractivity contribution in [3.05, 3.63) is 88.2 Å². The normalized spacial score (nSPS) is 19.3. The van der Waals surface area contributed by atoms with Crippen LogP contribution in [0.4, 0.5) is 4.79 Å². The van der Waals surface area contributed by atoms with Crippen LogP contribution < -0.4 is 10.6 Å². The zero-order chi connectivity index (χ0) is 29.4. The third kappa shape index (κ3) is 5.64. The van der Waals surface area contributed by atoms with Crippen molar-refractivity contribution < 1.29 is 24.2 Å². The number of fused-ring (bicyclic) bond motifs is 3. The molecule has 3 amide bonds. The molecule has 1 fully saturated rings. The number of halogens is 1. The number of carbonyl (C=O) groups is 3. The number of likely N-dealkylation sites (tertiary alicyclic amines) is 1. The van der Waals surface area contributed by atoms with Crippen molar-refractivity contribution in [2.75, 3.05) is 6.54 Å². The van der Waals surface area contributed by atoms with Crippen molar-refractivity contribution in [1.82, 2.24) is 20.5 Å². The van der Waals surface area contributed by atoms with Gasteiger partial charge in [0.05, 0.1) is 0 Å². The summed E-state index contributed by atoms with van der Waals surface area (Å²) in [6.07, 6.45) is 3.70. The van der Waals surface area contributed by atoms with Gasteiger partial charge in [-0.05, 0) is 74.1 Å². The fraction of sp³-hybridized carbons (Fsp3) is 0.355. The molecular weight excluding hydrogens is 544 g/mol. The number of aliphatic hydroxyl groups is 1. The number of amides is 3. The molecule has 2 heterocycles. The topological polar surface area (TPSA) is 121 Å². The highest BCUT2D eigenvalue weighted by Gasteiger charge is 2.52. The maximum absolute atomic E-state index is 14.0. The Bertz CT molecular complexity index is 1460. The summed E-state index contributed by atoms with van der Waals surface area (Å²) >= 11 is 6.23. The average molecular weight is 577 g/mol. The highest BCUT2D eigenvalue weighted by Crippen LogP contribution is 2.48. The van der Waals surface area contributed by atoms with E-state index in [0.29, 0.717) is 35.5 Å². The van der Waals surface area contributed by atoms with E-state index >= 15 is 0 Å². The Hall–Kier alpha value is -3.95. The standard InChI is InChI=1S/C31H33ClN4O5/c1-30(2,3)41-29(39)35-16-19-10-11-21(32)15-20(19)17-34-27(37)26-9-6-14-36(26)28(38)31(40)24-8-5-4-7-22(24)23-12-13-33-18-25(23)31/h4-5,7-8,10-13,15,18,26,40H,6,9,14,16-17H2,1-3H3,(H,34,37)(H,35,39)/t26-,31?/m0/s1. The van der Waals surface area contributed by atoms with Gasteiger partial charge in [0.2, 0.25) is 5.91 Å². The molecule has 2 aliphatic rings. The third-order valence-corrected chi connectivity index (χ3v) is 7.62. The van der Waals surface area contributed by atoms with Gasteiger partial charge in [0.15, 0.2) is 5.60 Å². The molecule has 1 unspecified atom stereocenters. The van der Waals surface area contributed by atoms with Gasteiger partial charge in [0.25, 0.3) is 5.91 Å². The van der Waals surface area contributed by atoms with Gasteiger partial charge in [0.1, 0.15) is 11.6 Å². The predicted octanol–water partition coefficient (Wildman–Crippen LogP) is 4.28. The fourth-order valence-corrected chi connectivity index (χ4v) is 5.72. The second-order valence-corrected chi connectivity index (χ2v) is 11.8. The highest BCUT2D eigenvalue weighted by molar-refractivity contribution is 6.30. The van der Waals surface area contributed by atoms with Crippen LogP contribution in [0, 0.1) is 0 Å². The molecule has 0 spiro atoms. The minimum absolute atomic E-state index is 0.142. The number of ether oxygens (including phenoxy) is 1. The van der Waals surface area contributed by atoms with Crippen LogP contribution in [-0.4, -0.2) is 51.1 Å². The predicted molar refractivity (Wildman–Crippen MR) is 154 cm³/mol. The average Bonchev–Trinajstić information content (AvgIpc) is 3.53. The summed E-state index contributed by atoms with van der Waals surface area (Å²) in [6.45, 7) is 6.03. The van der Waals surface area contributed by atoms with E-state index in [1.54, 1.807) is 63.4 Å². The molecule has 1 saturated heterocycles. The molecule has 1 aromatic heterocycles. The van der Waals surface area contributed by atoms with Gasteiger partial charge in [-0.2, -0.15) is 0 Å². The van der Waals surface area contributed by atoms with E-state index in [2.05, 4.69) is 15.6 Å². The maximum Gasteiger partial charge on any atom is 0.407 e. The Labute approximate surface area is 243 Å². The van der Waals surface area contributed by atoms with E-state index in [9.17, 15) is 19.5 Å². The minimum atomic E-state index is -1.93. The van der Waals surface area contributed by atoms with Gasteiger partial charge in [0, 0.05) is 48.2 Å². The molecule has 3 N–H and O–H groups in total. The molecule has 0 bridgehead atoms. The Kier molecular flexibility index (Phi) is 7.76. The number of hydrogen-bond acceptors (Lipinski definition) is 6. The molecule has 2 aromatic carbocycles. The molecule has 9 nitrogen and oxygen atoms in total. The second kappa shape index (κ2) is 11.1. The SMILES string of the molecule is CC(C)(C)OC(=O)NCc1ccc(Cl)cc1CNC(=O)[C@@H]1CCCN1C(=O)C1(O)c2ccccc2-c2ccncc21. The molecule has 3 aromatic rings. The van der Waals surface area contributed by atoms with Gasteiger partial charge in [-0.15, -0.1) is 0 Å². The molecule has 41 heavy (non-hydrogen) atoms. The Morgan fingerprint density at radius 1 is 1.05 bits per heavy atom. The zero-order valence-electron chi connectivity index (χ0n) is 23.2. The smallest absolute Gasteiger partial charge is 0.407 e. The molecular formula is C31H33ClN4O5. The number of aromatic nitrogens is 1. The van der Waals surface area contributed by atoms with E-state index < -0.39 is 29.2 Å². The molecule has 1 aliphatic heterocycles. The number of nitrogens with zero attached hydrogens (tertiary/aromatic N) is 2. The van der Waals surface area contributed by atoms with E-state index in [1.165, 1.54) is 11.1 Å². The Morgan fingerprint density at radius 3 is 2.56 bits per heavy atom. The lowest BCUT2D eigenvalue weighted by Gasteiger charge is -2.32. The van der Waals surface area contributed by atoms with E-state index in [0.717, 1.165) is 22.3 Å². The molecule has 2 atom stereocenters. The van der Waals surface area contributed by atoms with Crippen molar-refractivity contribution in [2.24, 2.45) is 0 Å². The van der Waals surface area contributed by atoms with Crippen LogP contribution in [0.2, 0.25) is 5.02 Å². The van der Waals surface area contributed by atoms with Crippen molar-refractivity contribution in [2.45, 2.75) is 63.9 Å². The number of hydrogen-bond donors (Lipinski definition) is 3. The van der Waals surface area contributed by atoms with Crippen LogP contribution in [0.3, 0.4) is 0 Å². The summed E-state index contributed by atoms with van der Waals surface area (Å²) in [5.41, 5.74) is 1.35. The van der Waals surface area contributed by atoms with Crippen LogP contribution in [0.5, 0.6) is 0 Å². The number of carbonyl (C=O) groups excluding carboxylic acids is 3. The molecule has 0 saturated carbocycles. The van der Waals surface area contributed by atoms with E-state index in [1.807, 2.05) is 12.1 Å². The summed E-state index contributed by atoms with van der Waals surface area (Å²) < 4.78 is 5.31. The van der Waals surface area contributed by atoms with Crippen molar-refractivity contribution in [3.63, 3.8) is 0 Å². The first-order chi connectivity index (χ1) is 19.5.